The van der Waals surface area contributed by atoms with Crippen molar-refractivity contribution in [3.05, 3.63) is 42.5 Å². The normalized spacial score (nSPS) is 28.6. The second-order valence-electron chi connectivity index (χ2n) is 13.0. The average molecular weight is 593 g/mol. The predicted octanol–water partition coefficient (Wildman–Crippen LogP) is 4.53. The molecule has 2 aromatic carbocycles. The van der Waals surface area contributed by atoms with Gasteiger partial charge in [-0.3, -0.25) is 9.59 Å². The van der Waals surface area contributed by atoms with Crippen LogP contribution in [0.3, 0.4) is 0 Å². The first-order valence-corrected chi connectivity index (χ1v) is 17.5. The van der Waals surface area contributed by atoms with Crippen molar-refractivity contribution in [2.45, 2.75) is 88.2 Å². The Hall–Kier alpha value is -2.75. The molecule has 2 aromatic rings. The van der Waals surface area contributed by atoms with Gasteiger partial charge in [0.2, 0.25) is 11.8 Å². The first-order chi connectivity index (χ1) is 20.1. The van der Waals surface area contributed by atoms with Crippen LogP contribution in [0.2, 0.25) is 0 Å². The molecule has 3 aliphatic heterocycles. The Kier molecular flexibility index (Phi) is 7.96. The highest BCUT2D eigenvalue weighted by molar-refractivity contribution is 7.90. The van der Waals surface area contributed by atoms with Gasteiger partial charge < -0.3 is 20.4 Å². The molecule has 2 amide bonds. The van der Waals surface area contributed by atoms with E-state index in [-0.39, 0.29) is 34.2 Å². The van der Waals surface area contributed by atoms with Crippen LogP contribution in [0.15, 0.2) is 47.4 Å². The van der Waals surface area contributed by atoms with Gasteiger partial charge in [0.15, 0.2) is 9.84 Å². The van der Waals surface area contributed by atoms with Gasteiger partial charge >= 0.3 is 0 Å². The zero-order valence-corrected chi connectivity index (χ0v) is 25.9. The Bertz CT molecular complexity index is 1450. The Balaban J connectivity index is 1.34. The van der Waals surface area contributed by atoms with E-state index in [0.29, 0.717) is 18.5 Å². The Morgan fingerprint density at radius 2 is 1.62 bits per heavy atom. The third-order valence-corrected chi connectivity index (χ3v) is 11.5. The number of amides is 2. The number of sulfone groups is 1. The molecule has 0 spiro atoms. The number of carbonyl (C=O) groups excluding carboxylic acids is 2. The van der Waals surface area contributed by atoms with E-state index in [4.69, 9.17) is 0 Å². The zero-order valence-electron chi connectivity index (χ0n) is 25.1. The lowest BCUT2D eigenvalue weighted by atomic mass is 9.64. The maximum Gasteiger partial charge on any atom is 0.244 e. The van der Waals surface area contributed by atoms with Crippen molar-refractivity contribution in [1.29, 1.82) is 0 Å². The number of rotatable bonds is 4. The van der Waals surface area contributed by atoms with Crippen molar-refractivity contribution < 1.29 is 18.0 Å². The van der Waals surface area contributed by atoms with Crippen LogP contribution in [0, 0.1) is 11.3 Å². The number of anilines is 2. The van der Waals surface area contributed by atoms with Crippen molar-refractivity contribution in [3.8, 4) is 11.1 Å². The number of nitrogens with one attached hydrogen (secondary N) is 2. The summed E-state index contributed by atoms with van der Waals surface area (Å²) in [7, 11) is -3.30. The number of fused-ring (bicyclic) bond motifs is 2. The summed E-state index contributed by atoms with van der Waals surface area (Å²) in [6.45, 7) is 5.95. The molecule has 3 heterocycles. The van der Waals surface area contributed by atoms with E-state index in [9.17, 15) is 18.0 Å². The fourth-order valence-electron chi connectivity index (χ4n) is 8.31. The molecule has 2 N–H and O–H groups in total. The first-order valence-electron chi connectivity index (χ1n) is 15.6. The van der Waals surface area contributed by atoms with Crippen molar-refractivity contribution in [1.82, 2.24) is 10.6 Å². The number of benzene rings is 2. The van der Waals surface area contributed by atoms with Gasteiger partial charge in [0.25, 0.3) is 0 Å². The van der Waals surface area contributed by atoms with Crippen molar-refractivity contribution in [2.75, 3.05) is 35.7 Å². The smallest absolute Gasteiger partial charge is 0.244 e. The minimum atomic E-state index is -3.30. The molecule has 4 unspecified atom stereocenters. The minimum absolute atomic E-state index is 0.0514. The summed E-state index contributed by atoms with van der Waals surface area (Å²) in [5.41, 5.74) is 3.30. The van der Waals surface area contributed by atoms with E-state index in [2.05, 4.69) is 10.6 Å². The van der Waals surface area contributed by atoms with Gasteiger partial charge in [-0.15, -0.1) is 0 Å². The molecule has 226 valence electrons. The van der Waals surface area contributed by atoms with E-state index < -0.39 is 9.84 Å². The largest absolute Gasteiger partial charge is 0.316 e. The number of nitrogens with zero attached hydrogens (tertiary/aromatic N) is 2. The number of piperidine rings is 1. The molecule has 1 saturated carbocycles. The molecule has 0 aromatic heterocycles. The molecular formula is C33H44N4O4S. The van der Waals surface area contributed by atoms with Crippen LogP contribution in [0.25, 0.3) is 11.1 Å². The molecule has 4 atom stereocenters. The quantitative estimate of drug-likeness (QED) is 0.507. The van der Waals surface area contributed by atoms with Gasteiger partial charge in [-0.1, -0.05) is 43.9 Å². The first kappa shape index (κ1) is 29.3. The molecule has 1 aliphatic carbocycles. The molecule has 42 heavy (non-hydrogen) atoms. The van der Waals surface area contributed by atoms with Gasteiger partial charge in [-0.05, 0) is 80.5 Å². The van der Waals surface area contributed by atoms with E-state index in [1.807, 2.05) is 30.0 Å². The maximum atomic E-state index is 14.5. The third-order valence-electron chi connectivity index (χ3n) is 10.3. The SMILES string of the molecule is CC(=O)N1c2ccc(-c3ccc(S(C)(=O)=O)cc3)cc2N(C(=O)C2CC3(C4CCCCCC4)CNCCC3N2)CC1C. The van der Waals surface area contributed by atoms with Gasteiger partial charge in [0, 0.05) is 37.7 Å². The van der Waals surface area contributed by atoms with Crippen LogP contribution in [-0.4, -0.2) is 64.2 Å². The van der Waals surface area contributed by atoms with Gasteiger partial charge in [-0.2, -0.15) is 0 Å². The van der Waals surface area contributed by atoms with Crippen LogP contribution in [0.4, 0.5) is 11.4 Å². The Morgan fingerprint density at radius 1 is 0.929 bits per heavy atom. The molecule has 0 radical (unpaired) electrons. The Labute approximate surface area is 250 Å². The standard InChI is InChI=1S/C33H44N4O4S/c1-22-20-36(32(39)28-19-33(21-34-17-16-31(33)35-28)26-8-6-4-5-7-9-26)30-18-25(12-15-29(30)37(22)23(2)38)24-10-13-27(14-11-24)42(3,40)41/h10-15,18,22,26,28,31,34-35H,4-9,16-17,19-21H2,1-3H3. The van der Waals surface area contributed by atoms with Crippen molar-refractivity contribution >= 4 is 33.0 Å². The summed E-state index contributed by atoms with van der Waals surface area (Å²) >= 11 is 0. The van der Waals surface area contributed by atoms with Crippen LogP contribution in [0.5, 0.6) is 0 Å². The molecule has 8 nitrogen and oxygen atoms in total. The van der Waals surface area contributed by atoms with E-state index >= 15 is 0 Å². The molecular weight excluding hydrogens is 548 g/mol. The zero-order chi connectivity index (χ0) is 29.6. The average Bonchev–Trinajstić information content (AvgIpc) is 3.15. The third kappa shape index (κ3) is 5.28. The highest BCUT2D eigenvalue weighted by Crippen LogP contribution is 2.50. The highest BCUT2D eigenvalue weighted by atomic mass is 32.2. The predicted molar refractivity (Wildman–Crippen MR) is 166 cm³/mol. The molecule has 0 bridgehead atoms. The van der Waals surface area contributed by atoms with Gasteiger partial charge in [0.1, 0.15) is 0 Å². The number of hydrogen-bond acceptors (Lipinski definition) is 6. The van der Waals surface area contributed by atoms with Crippen molar-refractivity contribution in [2.24, 2.45) is 11.3 Å². The second-order valence-corrected chi connectivity index (χ2v) is 15.1. The maximum absolute atomic E-state index is 14.5. The molecule has 3 fully saturated rings. The van der Waals surface area contributed by atoms with Crippen molar-refractivity contribution in [3.63, 3.8) is 0 Å². The molecule has 4 aliphatic rings. The summed E-state index contributed by atoms with van der Waals surface area (Å²) in [6, 6.07) is 12.6. The number of hydrogen-bond donors (Lipinski definition) is 2. The second kappa shape index (κ2) is 11.4. The minimum Gasteiger partial charge on any atom is -0.316 e. The lowest BCUT2D eigenvalue weighted by Crippen LogP contribution is -2.55. The topological polar surface area (TPSA) is 98.8 Å². The number of carbonyl (C=O) groups is 2. The van der Waals surface area contributed by atoms with Gasteiger partial charge in [0.05, 0.1) is 28.4 Å². The summed E-state index contributed by atoms with van der Waals surface area (Å²) in [5, 5.41) is 7.51. The lowest BCUT2D eigenvalue weighted by Gasteiger charge is -2.45. The van der Waals surface area contributed by atoms with E-state index in [1.54, 1.807) is 36.1 Å². The summed E-state index contributed by atoms with van der Waals surface area (Å²) in [4.78, 5) is 31.2. The molecule has 9 heteroatoms. The highest BCUT2D eigenvalue weighted by Gasteiger charge is 2.54. The molecule has 6 rings (SSSR count). The van der Waals surface area contributed by atoms with Crippen LogP contribution < -0.4 is 20.4 Å². The monoisotopic (exact) mass is 592 g/mol. The lowest BCUT2D eigenvalue weighted by molar-refractivity contribution is -0.121. The fourth-order valence-corrected chi connectivity index (χ4v) is 8.94. The molecule has 2 saturated heterocycles. The fraction of sp³-hybridized carbons (Fsp3) is 0.576. The van der Waals surface area contributed by atoms with Crippen LogP contribution in [-0.2, 0) is 19.4 Å². The van der Waals surface area contributed by atoms with Crippen LogP contribution >= 0.6 is 0 Å². The summed E-state index contributed by atoms with van der Waals surface area (Å²) in [5.74, 6) is 0.660. The van der Waals surface area contributed by atoms with Gasteiger partial charge in [-0.25, -0.2) is 8.42 Å². The summed E-state index contributed by atoms with van der Waals surface area (Å²) < 4.78 is 24.0. The van der Waals surface area contributed by atoms with E-state index in [1.165, 1.54) is 44.8 Å². The summed E-state index contributed by atoms with van der Waals surface area (Å²) in [6.07, 6.45) is 10.8. The van der Waals surface area contributed by atoms with Crippen LogP contribution in [0.1, 0.15) is 65.2 Å². The Morgan fingerprint density at radius 3 is 2.29 bits per heavy atom. The van der Waals surface area contributed by atoms with E-state index in [0.717, 1.165) is 48.4 Å².